The van der Waals surface area contributed by atoms with Crippen LogP contribution in [0.2, 0.25) is 0 Å². The van der Waals surface area contributed by atoms with E-state index in [0.29, 0.717) is 6.04 Å². The summed E-state index contributed by atoms with van der Waals surface area (Å²) in [6.07, 6.45) is 4.94. The summed E-state index contributed by atoms with van der Waals surface area (Å²) in [5.74, 6) is 0. The molecule has 0 bridgehead atoms. The molecule has 0 spiro atoms. The molecule has 0 radical (unpaired) electrons. The normalized spacial score (nSPS) is 13.3. The minimum Gasteiger partial charge on any atom is -0.315 e. The van der Waals surface area contributed by atoms with Crippen LogP contribution < -0.4 is 10.6 Å². The molecule has 4 nitrogen and oxygen atoms in total. The van der Waals surface area contributed by atoms with Crippen molar-refractivity contribution in [3.63, 3.8) is 0 Å². The standard InChI is InChI=1S/C12H20N4S/c1-3-13-8-10(2)14-5-4-11-9-17-12-15-6-7-16(11)12/h6-7,9-10,13-14H,3-5,8H2,1-2H3. The molecule has 2 aromatic rings. The summed E-state index contributed by atoms with van der Waals surface area (Å²) in [6.45, 7) is 7.42. The number of nitrogens with one attached hydrogen (secondary N) is 2. The molecule has 0 amide bonds. The molecule has 0 aliphatic heterocycles. The van der Waals surface area contributed by atoms with E-state index in [1.807, 2.05) is 12.4 Å². The molecule has 1 unspecified atom stereocenters. The molecule has 5 heteroatoms. The average molecular weight is 252 g/mol. The van der Waals surface area contributed by atoms with E-state index in [0.717, 1.165) is 31.0 Å². The molecule has 0 aromatic carbocycles. The lowest BCUT2D eigenvalue weighted by Crippen LogP contribution is -2.37. The Morgan fingerprint density at radius 1 is 1.53 bits per heavy atom. The SMILES string of the molecule is CCNCC(C)NCCc1csc2nccn12. The second-order valence-corrected chi connectivity index (χ2v) is 5.06. The number of hydrogen-bond donors (Lipinski definition) is 2. The molecule has 17 heavy (non-hydrogen) atoms. The highest BCUT2D eigenvalue weighted by Gasteiger charge is 2.04. The van der Waals surface area contributed by atoms with Crippen LogP contribution in [0.4, 0.5) is 0 Å². The third-order valence-corrected chi connectivity index (χ3v) is 3.69. The maximum Gasteiger partial charge on any atom is 0.193 e. The molecule has 2 aromatic heterocycles. The Morgan fingerprint density at radius 2 is 2.41 bits per heavy atom. The lowest BCUT2D eigenvalue weighted by Gasteiger charge is -2.13. The van der Waals surface area contributed by atoms with Gasteiger partial charge in [-0.2, -0.15) is 0 Å². The fraction of sp³-hybridized carbons (Fsp3) is 0.583. The van der Waals surface area contributed by atoms with Gasteiger partial charge in [-0.25, -0.2) is 4.98 Å². The first kappa shape index (κ1) is 12.5. The second-order valence-electron chi connectivity index (χ2n) is 4.22. The molecule has 1 atom stereocenters. The molecular formula is C12H20N4S. The van der Waals surface area contributed by atoms with Crippen LogP contribution in [0.25, 0.3) is 4.96 Å². The van der Waals surface area contributed by atoms with Gasteiger partial charge in [-0.1, -0.05) is 6.92 Å². The maximum atomic E-state index is 4.27. The van der Waals surface area contributed by atoms with Crippen LogP contribution >= 0.6 is 11.3 Å². The molecule has 94 valence electrons. The van der Waals surface area contributed by atoms with Crippen LogP contribution in [0, 0.1) is 0 Å². The first-order valence-corrected chi connectivity index (χ1v) is 7.02. The number of fused-ring (bicyclic) bond motifs is 1. The maximum absolute atomic E-state index is 4.27. The summed E-state index contributed by atoms with van der Waals surface area (Å²) >= 11 is 1.71. The van der Waals surface area contributed by atoms with Crippen LogP contribution in [0.3, 0.4) is 0 Å². The molecule has 2 heterocycles. The predicted molar refractivity (Wildman–Crippen MR) is 72.8 cm³/mol. The van der Waals surface area contributed by atoms with Crippen molar-refractivity contribution >= 4 is 16.3 Å². The summed E-state index contributed by atoms with van der Waals surface area (Å²) in [7, 11) is 0. The van der Waals surface area contributed by atoms with E-state index in [2.05, 4.69) is 39.2 Å². The van der Waals surface area contributed by atoms with E-state index in [1.54, 1.807) is 11.3 Å². The van der Waals surface area contributed by atoms with Gasteiger partial charge < -0.3 is 10.6 Å². The summed E-state index contributed by atoms with van der Waals surface area (Å²) in [4.78, 5) is 5.36. The Kier molecular flexibility index (Phi) is 4.53. The third-order valence-electron chi connectivity index (χ3n) is 2.79. The zero-order valence-electron chi connectivity index (χ0n) is 10.4. The average Bonchev–Trinajstić information content (AvgIpc) is 2.90. The van der Waals surface area contributed by atoms with E-state index < -0.39 is 0 Å². The molecular weight excluding hydrogens is 232 g/mol. The minimum absolute atomic E-state index is 0.520. The Hall–Kier alpha value is -0.910. The number of nitrogens with zero attached hydrogens (tertiary/aromatic N) is 2. The van der Waals surface area contributed by atoms with Crippen LogP contribution in [0.15, 0.2) is 17.8 Å². The third kappa shape index (κ3) is 3.28. The van der Waals surface area contributed by atoms with Gasteiger partial charge in [0.25, 0.3) is 0 Å². The molecule has 0 aliphatic carbocycles. The number of rotatable bonds is 7. The van der Waals surface area contributed by atoms with Gasteiger partial charge in [-0.05, 0) is 13.5 Å². The minimum atomic E-state index is 0.520. The van der Waals surface area contributed by atoms with Crippen molar-refractivity contribution in [2.24, 2.45) is 0 Å². The summed E-state index contributed by atoms with van der Waals surface area (Å²) in [5.41, 5.74) is 1.34. The number of likely N-dealkylation sites (N-methyl/N-ethyl adjacent to an activating group) is 1. The number of aromatic nitrogens is 2. The van der Waals surface area contributed by atoms with Gasteiger partial charge >= 0.3 is 0 Å². The molecule has 0 aliphatic rings. The quantitative estimate of drug-likeness (QED) is 0.785. The Bertz CT molecular complexity index is 448. The van der Waals surface area contributed by atoms with E-state index in [9.17, 15) is 0 Å². The summed E-state index contributed by atoms with van der Waals surface area (Å²) in [6, 6.07) is 0.520. The second kappa shape index (κ2) is 6.14. The van der Waals surface area contributed by atoms with E-state index in [1.165, 1.54) is 5.69 Å². The molecule has 0 saturated carbocycles. The highest BCUT2D eigenvalue weighted by Crippen LogP contribution is 2.14. The van der Waals surface area contributed by atoms with E-state index in [-0.39, 0.29) is 0 Å². The summed E-state index contributed by atoms with van der Waals surface area (Å²) < 4.78 is 2.17. The van der Waals surface area contributed by atoms with Crippen LogP contribution in [-0.4, -0.2) is 35.1 Å². The largest absolute Gasteiger partial charge is 0.315 e. The summed E-state index contributed by atoms with van der Waals surface area (Å²) in [5, 5.41) is 9.06. The number of imidazole rings is 1. The van der Waals surface area contributed by atoms with Gasteiger partial charge in [0.15, 0.2) is 4.96 Å². The molecule has 0 fully saturated rings. The topological polar surface area (TPSA) is 41.4 Å². The first-order valence-electron chi connectivity index (χ1n) is 6.14. The van der Waals surface area contributed by atoms with Gasteiger partial charge in [0.2, 0.25) is 0 Å². The highest BCUT2D eigenvalue weighted by atomic mass is 32.1. The van der Waals surface area contributed by atoms with Gasteiger partial charge in [-0.3, -0.25) is 4.40 Å². The predicted octanol–water partition coefficient (Wildman–Crippen LogP) is 1.53. The van der Waals surface area contributed by atoms with Crippen molar-refractivity contribution < 1.29 is 0 Å². The molecule has 2 N–H and O–H groups in total. The lowest BCUT2D eigenvalue weighted by atomic mass is 10.3. The monoisotopic (exact) mass is 252 g/mol. The van der Waals surface area contributed by atoms with Crippen molar-refractivity contribution in [1.29, 1.82) is 0 Å². The van der Waals surface area contributed by atoms with Crippen LogP contribution in [-0.2, 0) is 6.42 Å². The fourth-order valence-electron chi connectivity index (χ4n) is 1.83. The zero-order chi connectivity index (χ0) is 12.1. The fourth-order valence-corrected chi connectivity index (χ4v) is 2.72. The van der Waals surface area contributed by atoms with Crippen molar-refractivity contribution in [1.82, 2.24) is 20.0 Å². The molecule has 0 saturated heterocycles. The van der Waals surface area contributed by atoms with Crippen LogP contribution in [0.1, 0.15) is 19.5 Å². The zero-order valence-corrected chi connectivity index (χ0v) is 11.3. The first-order chi connectivity index (χ1) is 8.31. The van der Waals surface area contributed by atoms with Gasteiger partial charge in [0.1, 0.15) is 0 Å². The van der Waals surface area contributed by atoms with Gasteiger partial charge in [0, 0.05) is 49.0 Å². The van der Waals surface area contributed by atoms with Crippen molar-refractivity contribution in [2.75, 3.05) is 19.6 Å². The molecule has 2 rings (SSSR count). The van der Waals surface area contributed by atoms with Gasteiger partial charge in [-0.15, -0.1) is 11.3 Å². The Labute approximate surface area is 106 Å². The van der Waals surface area contributed by atoms with E-state index >= 15 is 0 Å². The Morgan fingerprint density at radius 3 is 3.24 bits per heavy atom. The van der Waals surface area contributed by atoms with Gasteiger partial charge in [0.05, 0.1) is 0 Å². The van der Waals surface area contributed by atoms with E-state index in [4.69, 9.17) is 0 Å². The Balaban J connectivity index is 1.77. The van der Waals surface area contributed by atoms with Crippen molar-refractivity contribution in [3.05, 3.63) is 23.5 Å². The van der Waals surface area contributed by atoms with Crippen molar-refractivity contribution in [3.8, 4) is 0 Å². The lowest BCUT2D eigenvalue weighted by molar-refractivity contribution is 0.510. The van der Waals surface area contributed by atoms with Crippen molar-refractivity contribution in [2.45, 2.75) is 26.3 Å². The number of thiazole rings is 1. The smallest absolute Gasteiger partial charge is 0.193 e. The highest BCUT2D eigenvalue weighted by molar-refractivity contribution is 7.15. The number of hydrogen-bond acceptors (Lipinski definition) is 4. The van der Waals surface area contributed by atoms with Crippen LogP contribution in [0.5, 0.6) is 0 Å².